The van der Waals surface area contributed by atoms with Crippen molar-refractivity contribution >= 4 is 5.91 Å². The molecule has 1 heterocycles. The van der Waals surface area contributed by atoms with Crippen LogP contribution in [0.2, 0.25) is 0 Å². The molecule has 1 amide bonds. The van der Waals surface area contributed by atoms with Crippen molar-refractivity contribution in [3.8, 4) is 6.07 Å². The predicted octanol–water partition coefficient (Wildman–Crippen LogP) is 2.29. The van der Waals surface area contributed by atoms with Crippen LogP contribution in [0.3, 0.4) is 0 Å². The van der Waals surface area contributed by atoms with Gasteiger partial charge in [0.2, 0.25) is 5.91 Å². The van der Waals surface area contributed by atoms with Crippen LogP contribution in [0.1, 0.15) is 36.9 Å². The first-order valence-electron chi connectivity index (χ1n) is 8.55. The number of carbonyl (C=O) groups is 1. The Bertz CT molecular complexity index is 584. The highest BCUT2D eigenvalue weighted by Crippen LogP contribution is 2.30. The van der Waals surface area contributed by atoms with Crippen molar-refractivity contribution in [2.24, 2.45) is 5.41 Å². The summed E-state index contributed by atoms with van der Waals surface area (Å²) >= 11 is 0. The van der Waals surface area contributed by atoms with E-state index in [1.54, 1.807) is 0 Å². The molecule has 0 bridgehead atoms. The van der Waals surface area contributed by atoms with E-state index in [2.05, 4.69) is 47.5 Å². The first-order valence-corrected chi connectivity index (χ1v) is 8.55. The number of rotatable bonds is 6. The molecule has 0 unspecified atom stereocenters. The summed E-state index contributed by atoms with van der Waals surface area (Å²) in [5.41, 5.74) is 1.52. The van der Waals surface area contributed by atoms with E-state index >= 15 is 0 Å². The summed E-state index contributed by atoms with van der Waals surface area (Å²) in [6.45, 7) is 3.56. The molecule has 1 aliphatic rings. The molecule has 0 spiro atoms. The largest absolute Gasteiger partial charge is 0.381 e. The van der Waals surface area contributed by atoms with Gasteiger partial charge in [-0.2, -0.15) is 5.26 Å². The van der Waals surface area contributed by atoms with Crippen LogP contribution in [0.4, 0.5) is 0 Å². The van der Waals surface area contributed by atoms with Crippen LogP contribution in [0, 0.1) is 16.7 Å². The third-order valence-electron chi connectivity index (χ3n) is 4.85. The molecule has 1 aromatic carbocycles. The summed E-state index contributed by atoms with van der Waals surface area (Å²) in [5, 5.41) is 12.5. The van der Waals surface area contributed by atoms with Crippen LogP contribution in [0.15, 0.2) is 24.3 Å². The number of ether oxygens (including phenoxy) is 1. The minimum absolute atomic E-state index is 0.0791. The van der Waals surface area contributed by atoms with Gasteiger partial charge in [0.15, 0.2) is 0 Å². The van der Waals surface area contributed by atoms with Gasteiger partial charge >= 0.3 is 0 Å². The standard InChI is InChI=1S/C19H27N3O2/c1-4-15-5-7-16(8-6-15)17(22(2)3)13-21-18(23)19(14-20)9-11-24-12-10-19/h5-8,17H,4,9-13H2,1-3H3,(H,21,23)/t17-/m1/s1. The lowest BCUT2D eigenvalue weighted by Crippen LogP contribution is -2.46. The average molecular weight is 329 g/mol. The van der Waals surface area contributed by atoms with Crippen LogP contribution in [-0.4, -0.2) is 44.7 Å². The van der Waals surface area contributed by atoms with Crippen molar-refractivity contribution in [1.82, 2.24) is 10.2 Å². The number of hydrogen-bond acceptors (Lipinski definition) is 4. The highest BCUT2D eigenvalue weighted by atomic mass is 16.5. The van der Waals surface area contributed by atoms with Crippen LogP contribution in [-0.2, 0) is 16.0 Å². The van der Waals surface area contributed by atoms with E-state index in [4.69, 9.17) is 4.74 Å². The SMILES string of the molecule is CCc1ccc([C@@H](CNC(=O)C2(C#N)CCOCC2)N(C)C)cc1. The molecular weight excluding hydrogens is 302 g/mol. The molecule has 0 radical (unpaired) electrons. The van der Waals surface area contributed by atoms with Gasteiger partial charge in [0.05, 0.1) is 12.1 Å². The van der Waals surface area contributed by atoms with Gasteiger partial charge in [-0.25, -0.2) is 0 Å². The molecular formula is C19H27N3O2. The van der Waals surface area contributed by atoms with Crippen molar-refractivity contribution < 1.29 is 9.53 Å². The Morgan fingerprint density at radius 1 is 1.33 bits per heavy atom. The normalized spacial score (nSPS) is 18.0. The molecule has 2 rings (SSSR count). The number of amides is 1. The second-order valence-corrected chi connectivity index (χ2v) is 6.59. The van der Waals surface area contributed by atoms with Gasteiger partial charge in [-0.3, -0.25) is 4.79 Å². The van der Waals surface area contributed by atoms with E-state index in [1.165, 1.54) is 5.56 Å². The van der Waals surface area contributed by atoms with Gasteiger partial charge in [0.1, 0.15) is 5.41 Å². The summed E-state index contributed by atoms with van der Waals surface area (Å²) in [5.74, 6) is -0.176. The molecule has 0 aliphatic carbocycles. The molecule has 0 saturated carbocycles. The molecule has 1 aromatic rings. The lowest BCUT2D eigenvalue weighted by Gasteiger charge is -2.31. The predicted molar refractivity (Wildman–Crippen MR) is 93.4 cm³/mol. The van der Waals surface area contributed by atoms with Gasteiger partial charge in [-0.1, -0.05) is 31.2 Å². The molecule has 5 nitrogen and oxygen atoms in total. The van der Waals surface area contributed by atoms with Crippen LogP contribution < -0.4 is 5.32 Å². The Morgan fingerprint density at radius 2 is 1.96 bits per heavy atom. The molecule has 1 aliphatic heterocycles. The van der Waals surface area contributed by atoms with E-state index in [9.17, 15) is 10.1 Å². The lowest BCUT2D eigenvalue weighted by atomic mass is 9.81. The molecule has 1 atom stereocenters. The smallest absolute Gasteiger partial charge is 0.240 e. The number of nitrogens with zero attached hydrogens (tertiary/aromatic N) is 2. The number of nitriles is 1. The van der Waals surface area contributed by atoms with E-state index in [0.717, 1.165) is 12.0 Å². The fourth-order valence-electron chi connectivity index (χ4n) is 3.04. The van der Waals surface area contributed by atoms with Gasteiger partial charge < -0.3 is 15.0 Å². The number of likely N-dealkylation sites (N-methyl/N-ethyl adjacent to an activating group) is 1. The second kappa shape index (κ2) is 8.27. The van der Waals surface area contributed by atoms with Gasteiger partial charge in [0.25, 0.3) is 0 Å². The maximum Gasteiger partial charge on any atom is 0.240 e. The van der Waals surface area contributed by atoms with Crippen molar-refractivity contribution in [2.45, 2.75) is 32.2 Å². The van der Waals surface area contributed by atoms with Crippen molar-refractivity contribution in [1.29, 1.82) is 5.26 Å². The number of benzene rings is 1. The Kier molecular flexibility index (Phi) is 6.36. The maximum atomic E-state index is 12.6. The zero-order valence-electron chi connectivity index (χ0n) is 14.8. The first kappa shape index (κ1) is 18.4. The molecule has 1 saturated heterocycles. The first-order chi connectivity index (χ1) is 11.5. The minimum atomic E-state index is -0.943. The van der Waals surface area contributed by atoms with Crippen molar-refractivity contribution in [3.63, 3.8) is 0 Å². The minimum Gasteiger partial charge on any atom is -0.381 e. The van der Waals surface area contributed by atoms with E-state index < -0.39 is 5.41 Å². The maximum absolute atomic E-state index is 12.6. The van der Waals surface area contributed by atoms with Gasteiger partial charge in [0, 0.05) is 19.8 Å². The number of carbonyl (C=O) groups excluding carboxylic acids is 1. The fraction of sp³-hybridized carbons (Fsp3) is 0.579. The summed E-state index contributed by atoms with van der Waals surface area (Å²) < 4.78 is 5.29. The number of aryl methyl sites for hydroxylation is 1. The second-order valence-electron chi connectivity index (χ2n) is 6.59. The topological polar surface area (TPSA) is 65.4 Å². The lowest BCUT2D eigenvalue weighted by molar-refractivity contribution is -0.132. The molecule has 130 valence electrons. The molecule has 24 heavy (non-hydrogen) atoms. The highest BCUT2D eigenvalue weighted by molar-refractivity contribution is 5.85. The quantitative estimate of drug-likeness (QED) is 0.869. The monoisotopic (exact) mass is 329 g/mol. The summed E-state index contributed by atoms with van der Waals surface area (Å²) in [6, 6.07) is 10.8. The zero-order chi connectivity index (χ0) is 17.6. The van der Waals surface area contributed by atoms with Crippen LogP contribution in [0.25, 0.3) is 0 Å². The summed E-state index contributed by atoms with van der Waals surface area (Å²) in [4.78, 5) is 14.7. The molecule has 1 N–H and O–H groups in total. The Hall–Kier alpha value is -1.90. The van der Waals surface area contributed by atoms with E-state index in [0.29, 0.717) is 32.6 Å². The van der Waals surface area contributed by atoms with Crippen LogP contribution in [0.5, 0.6) is 0 Å². The van der Waals surface area contributed by atoms with Gasteiger partial charge in [-0.05, 0) is 44.5 Å². The molecule has 5 heteroatoms. The van der Waals surface area contributed by atoms with E-state index in [1.807, 2.05) is 14.1 Å². The Labute approximate surface area is 144 Å². The molecule has 0 aromatic heterocycles. The Balaban J connectivity index is 2.05. The van der Waals surface area contributed by atoms with Gasteiger partial charge in [-0.15, -0.1) is 0 Å². The Morgan fingerprint density at radius 3 is 2.46 bits per heavy atom. The van der Waals surface area contributed by atoms with Crippen molar-refractivity contribution in [3.05, 3.63) is 35.4 Å². The van der Waals surface area contributed by atoms with E-state index in [-0.39, 0.29) is 11.9 Å². The summed E-state index contributed by atoms with van der Waals surface area (Å²) in [6.07, 6.45) is 1.94. The number of hydrogen-bond donors (Lipinski definition) is 1. The van der Waals surface area contributed by atoms with Crippen LogP contribution >= 0.6 is 0 Å². The summed E-state index contributed by atoms with van der Waals surface area (Å²) in [7, 11) is 4.00. The third-order valence-corrected chi connectivity index (χ3v) is 4.85. The fourth-order valence-corrected chi connectivity index (χ4v) is 3.04. The highest BCUT2D eigenvalue weighted by Gasteiger charge is 2.40. The average Bonchev–Trinajstić information content (AvgIpc) is 2.62. The number of nitrogens with one attached hydrogen (secondary N) is 1. The molecule has 1 fully saturated rings. The third kappa shape index (κ3) is 4.14. The zero-order valence-corrected chi connectivity index (χ0v) is 14.8. The van der Waals surface area contributed by atoms with Crippen molar-refractivity contribution in [2.75, 3.05) is 33.9 Å².